The molecule has 27 heavy (non-hydrogen) atoms. The molecule has 0 bridgehead atoms. The number of benzene rings is 2. The van der Waals surface area contributed by atoms with Gasteiger partial charge in [-0.15, -0.1) is 0 Å². The van der Waals surface area contributed by atoms with Crippen LogP contribution in [-0.2, 0) is 18.0 Å². The van der Waals surface area contributed by atoms with E-state index in [4.69, 9.17) is 16.3 Å². The van der Waals surface area contributed by atoms with Crippen LogP contribution in [0, 0.1) is 0 Å². The van der Waals surface area contributed by atoms with Crippen LogP contribution in [0.25, 0.3) is 0 Å². The van der Waals surface area contributed by atoms with Crippen molar-refractivity contribution in [2.24, 2.45) is 0 Å². The molecule has 140 valence electrons. The van der Waals surface area contributed by atoms with Gasteiger partial charge in [-0.2, -0.15) is 0 Å². The van der Waals surface area contributed by atoms with Crippen LogP contribution in [0.2, 0.25) is 5.02 Å². The second-order valence-electron chi connectivity index (χ2n) is 6.89. The highest BCUT2D eigenvalue weighted by Crippen LogP contribution is 2.22. The molecule has 2 aliphatic heterocycles. The Morgan fingerprint density at radius 2 is 1.56 bits per heavy atom. The highest BCUT2D eigenvalue weighted by molar-refractivity contribution is 6.33. The summed E-state index contributed by atoms with van der Waals surface area (Å²) < 4.78 is 5.43. The lowest BCUT2D eigenvalue weighted by molar-refractivity contribution is 0.0718. The molecule has 2 aromatic carbocycles. The first kappa shape index (κ1) is 18.0. The number of hydrogen-bond acceptors (Lipinski definition) is 3. The number of nitrogens with zero attached hydrogens (tertiary/aromatic N) is 2. The Labute approximate surface area is 163 Å². The van der Waals surface area contributed by atoms with Gasteiger partial charge in [0.25, 0.3) is 11.8 Å². The number of halogens is 1. The van der Waals surface area contributed by atoms with E-state index in [1.807, 2.05) is 35.2 Å². The minimum Gasteiger partial charge on any atom is -0.372 e. The molecule has 0 unspecified atom stereocenters. The van der Waals surface area contributed by atoms with Gasteiger partial charge in [-0.25, -0.2) is 0 Å². The Bertz CT molecular complexity index is 883. The summed E-state index contributed by atoms with van der Waals surface area (Å²) in [6.07, 6.45) is 0.746. The number of hydrogen-bond donors (Lipinski definition) is 0. The normalized spacial score (nSPS) is 16.8. The van der Waals surface area contributed by atoms with Gasteiger partial charge in [0, 0.05) is 31.7 Å². The molecule has 6 heteroatoms. The van der Waals surface area contributed by atoms with Crippen molar-refractivity contribution in [3.63, 3.8) is 0 Å². The number of carbonyl (C=O) groups is 2. The number of rotatable bonds is 2. The first-order valence-electron chi connectivity index (χ1n) is 9.16. The molecule has 0 radical (unpaired) electrons. The molecule has 0 spiro atoms. The largest absolute Gasteiger partial charge is 0.372 e. The third-order valence-electron chi connectivity index (χ3n) is 5.14. The monoisotopic (exact) mass is 384 g/mol. The summed E-state index contributed by atoms with van der Waals surface area (Å²) in [6, 6.07) is 12.9. The van der Waals surface area contributed by atoms with E-state index in [0.717, 1.165) is 17.5 Å². The first-order chi connectivity index (χ1) is 13.1. The summed E-state index contributed by atoms with van der Waals surface area (Å²) in [5, 5.41) is 0.458. The number of fused-ring (bicyclic) bond motifs is 1. The lowest BCUT2D eigenvalue weighted by Crippen LogP contribution is -2.37. The third kappa shape index (κ3) is 3.70. The van der Waals surface area contributed by atoms with Crippen molar-refractivity contribution < 1.29 is 14.3 Å². The van der Waals surface area contributed by atoms with E-state index in [-0.39, 0.29) is 11.8 Å². The minimum atomic E-state index is -0.0791. The molecular formula is C21H21ClN2O3. The molecular weight excluding hydrogens is 364 g/mol. The second-order valence-corrected chi connectivity index (χ2v) is 7.30. The maximum atomic E-state index is 12.9. The highest BCUT2D eigenvalue weighted by Gasteiger charge is 2.25. The Hall–Kier alpha value is -2.37. The van der Waals surface area contributed by atoms with E-state index in [9.17, 15) is 9.59 Å². The lowest BCUT2D eigenvalue weighted by Gasteiger charge is -2.23. The molecule has 0 saturated carbocycles. The van der Waals surface area contributed by atoms with Crippen LogP contribution >= 0.6 is 11.6 Å². The average Bonchev–Trinajstić information content (AvgIpc) is 3.02. The summed E-state index contributed by atoms with van der Waals surface area (Å²) in [7, 11) is 0. The second kappa shape index (κ2) is 7.71. The van der Waals surface area contributed by atoms with Crippen LogP contribution in [0.3, 0.4) is 0 Å². The lowest BCUT2D eigenvalue weighted by atomic mass is 10.1. The minimum absolute atomic E-state index is 0.0109. The van der Waals surface area contributed by atoms with Crippen LogP contribution in [0.4, 0.5) is 0 Å². The standard InChI is InChI=1S/C21H21ClN2O3/c22-19-5-2-1-4-18(19)21(26)24-9-3-8-23(10-11-24)20(25)15-6-7-16-13-27-14-17(16)12-15/h1-2,4-7,12H,3,8-11,13-14H2. The van der Waals surface area contributed by atoms with E-state index >= 15 is 0 Å². The van der Waals surface area contributed by atoms with Gasteiger partial charge < -0.3 is 14.5 Å². The van der Waals surface area contributed by atoms with Crippen LogP contribution in [0.1, 0.15) is 38.3 Å². The van der Waals surface area contributed by atoms with E-state index < -0.39 is 0 Å². The van der Waals surface area contributed by atoms with E-state index in [1.165, 1.54) is 0 Å². The Kier molecular flexibility index (Phi) is 5.14. The molecule has 5 nitrogen and oxygen atoms in total. The molecule has 2 aromatic rings. The van der Waals surface area contributed by atoms with Gasteiger partial charge in [0.15, 0.2) is 0 Å². The molecule has 4 rings (SSSR count). The third-order valence-corrected chi connectivity index (χ3v) is 5.47. The van der Waals surface area contributed by atoms with Crippen LogP contribution in [0.5, 0.6) is 0 Å². The summed E-state index contributed by atoms with van der Waals surface area (Å²) in [6.45, 7) is 3.46. The average molecular weight is 385 g/mol. The maximum absolute atomic E-state index is 12.9. The van der Waals surface area contributed by atoms with Gasteiger partial charge in [0.1, 0.15) is 0 Å². The molecule has 0 aromatic heterocycles. The predicted molar refractivity (Wildman–Crippen MR) is 103 cm³/mol. The maximum Gasteiger partial charge on any atom is 0.255 e. The molecule has 0 aliphatic carbocycles. The molecule has 1 fully saturated rings. The zero-order valence-electron chi connectivity index (χ0n) is 15.0. The fourth-order valence-corrected chi connectivity index (χ4v) is 3.83. The fraction of sp³-hybridized carbons (Fsp3) is 0.333. The molecule has 2 amide bonds. The number of carbonyl (C=O) groups excluding carboxylic acids is 2. The van der Waals surface area contributed by atoms with Gasteiger partial charge in [0.2, 0.25) is 0 Å². The zero-order valence-corrected chi connectivity index (χ0v) is 15.7. The van der Waals surface area contributed by atoms with Crippen molar-refractivity contribution in [2.75, 3.05) is 26.2 Å². The van der Waals surface area contributed by atoms with Crippen molar-refractivity contribution in [1.82, 2.24) is 9.80 Å². The predicted octanol–water partition coefficient (Wildman–Crippen LogP) is 3.36. The van der Waals surface area contributed by atoms with E-state index in [1.54, 1.807) is 17.0 Å². The first-order valence-corrected chi connectivity index (χ1v) is 9.54. The SMILES string of the molecule is O=C(c1ccc2c(c1)COC2)N1CCCN(C(=O)c2ccccc2Cl)CC1. The summed E-state index contributed by atoms with van der Waals surface area (Å²) in [5.41, 5.74) is 3.44. The van der Waals surface area contributed by atoms with Gasteiger partial charge in [-0.1, -0.05) is 29.8 Å². The quantitative estimate of drug-likeness (QED) is 0.797. The number of amides is 2. The summed E-state index contributed by atoms with van der Waals surface area (Å²) >= 11 is 6.16. The van der Waals surface area contributed by atoms with Crippen molar-refractivity contribution in [2.45, 2.75) is 19.6 Å². The topological polar surface area (TPSA) is 49.9 Å². The van der Waals surface area contributed by atoms with Gasteiger partial charge in [-0.05, 0) is 41.8 Å². The smallest absolute Gasteiger partial charge is 0.255 e. The van der Waals surface area contributed by atoms with Crippen LogP contribution < -0.4 is 0 Å². The van der Waals surface area contributed by atoms with Gasteiger partial charge >= 0.3 is 0 Å². The van der Waals surface area contributed by atoms with Crippen LogP contribution in [-0.4, -0.2) is 47.8 Å². The van der Waals surface area contributed by atoms with E-state index in [0.29, 0.717) is 55.5 Å². The summed E-state index contributed by atoms with van der Waals surface area (Å²) in [5.74, 6) is -0.0682. The molecule has 1 saturated heterocycles. The van der Waals surface area contributed by atoms with Gasteiger partial charge in [0.05, 0.1) is 23.8 Å². The number of ether oxygens (including phenoxy) is 1. The summed E-state index contributed by atoms with van der Waals surface area (Å²) in [4.78, 5) is 29.3. The van der Waals surface area contributed by atoms with Crippen LogP contribution in [0.15, 0.2) is 42.5 Å². The van der Waals surface area contributed by atoms with Gasteiger partial charge in [-0.3, -0.25) is 9.59 Å². The Morgan fingerprint density at radius 3 is 2.33 bits per heavy atom. The molecule has 0 N–H and O–H groups in total. The Balaban J connectivity index is 1.45. The van der Waals surface area contributed by atoms with Crippen molar-refractivity contribution in [3.8, 4) is 0 Å². The van der Waals surface area contributed by atoms with Crippen molar-refractivity contribution in [3.05, 3.63) is 69.7 Å². The highest BCUT2D eigenvalue weighted by atomic mass is 35.5. The zero-order chi connectivity index (χ0) is 18.8. The Morgan fingerprint density at radius 1 is 0.852 bits per heavy atom. The van der Waals surface area contributed by atoms with Crippen molar-refractivity contribution >= 4 is 23.4 Å². The van der Waals surface area contributed by atoms with Crippen molar-refractivity contribution in [1.29, 1.82) is 0 Å². The molecule has 2 heterocycles. The van der Waals surface area contributed by atoms with E-state index in [2.05, 4.69) is 0 Å². The molecule has 2 aliphatic rings. The fourth-order valence-electron chi connectivity index (χ4n) is 3.62. The molecule has 0 atom stereocenters.